The van der Waals surface area contributed by atoms with Gasteiger partial charge in [0.2, 0.25) is 6.19 Å². The summed E-state index contributed by atoms with van der Waals surface area (Å²) in [5, 5.41) is 8.58. The highest BCUT2D eigenvalue weighted by atomic mass is 19.1. The van der Waals surface area contributed by atoms with Gasteiger partial charge in [-0.2, -0.15) is 10.2 Å². The third-order valence-corrected chi connectivity index (χ3v) is 4.73. The lowest BCUT2D eigenvalue weighted by atomic mass is 10.3. The second kappa shape index (κ2) is 13.8. The number of benzene rings is 2. The third kappa shape index (κ3) is 7.17. The van der Waals surface area contributed by atoms with Crippen LogP contribution in [0.25, 0.3) is 5.69 Å². The Morgan fingerprint density at radius 3 is 2.05 bits per heavy atom. The van der Waals surface area contributed by atoms with Crippen LogP contribution >= 0.6 is 0 Å². The number of halogens is 2. The summed E-state index contributed by atoms with van der Waals surface area (Å²) in [6.07, 6.45) is 1.57. The van der Waals surface area contributed by atoms with Gasteiger partial charge in [0.25, 0.3) is 0 Å². The number of amidine groups is 1. The van der Waals surface area contributed by atoms with E-state index in [-0.39, 0.29) is 30.1 Å². The van der Waals surface area contributed by atoms with E-state index in [1.807, 2.05) is 0 Å². The van der Waals surface area contributed by atoms with Gasteiger partial charge in [-0.15, -0.1) is 4.99 Å². The van der Waals surface area contributed by atoms with Crippen LogP contribution in [0.5, 0.6) is 6.01 Å². The first-order chi connectivity index (χ1) is 18.2. The number of rotatable bonds is 6. The number of anilines is 2. The summed E-state index contributed by atoms with van der Waals surface area (Å²) in [5.74, 6) is -2.04. The molecule has 0 aliphatic carbocycles. The van der Waals surface area contributed by atoms with Crippen molar-refractivity contribution < 1.29 is 37.3 Å². The van der Waals surface area contributed by atoms with Crippen molar-refractivity contribution >= 4 is 29.5 Å². The SMILES string of the molecule is COC(=O)CN(C(=NC#N)OC)c1ccc(F)cc1.COC(=O)c1c(N)nc(OC)n1-c1ccc(F)cc1. The number of imidazole rings is 1. The van der Waals surface area contributed by atoms with Crippen LogP contribution in [0.15, 0.2) is 53.5 Å². The van der Waals surface area contributed by atoms with Crippen LogP contribution in [0.3, 0.4) is 0 Å². The number of nitrogens with two attached hydrogens (primary N) is 1. The second-order valence-electron chi connectivity index (χ2n) is 6.97. The number of methoxy groups -OCH3 is 4. The molecule has 200 valence electrons. The average Bonchev–Trinajstić information content (AvgIpc) is 3.27. The lowest BCUT2D eigenvalue weighted by Crippen LogP contribution is -2.37. The van der Waals surface area contributed by atoms with Gasteiger partial charge in [0, 0.05) is 5.69 Å². The van der Waals surface area contributed by atoms with Crippen LogP contribution in [0.2, 0.25) is 0 Å². The molecular weight excluding hydrogens is 506 g/mol. The Morgan fingerprint density at radius 1 is 1.00 bits per heavy atom. The van der Waals surface area contributed by atoms with Crippen molar-refractivity contribution in [2.45, 2.75) is 0 Å². The molecule has 0 atom stereocenters. The number of aromatic nitrogens is 2. The Bertz CT molecular complexity index is 1320. The maximum atomic E-state index is 12.9. The normalized spacial score (nSPS) is 10.4. The third-order valence-electron chi connectivity index (χ3n) is 4.73. The molecule has 38 heavy (non-hydrogen) atoms. The largest absolute Gasteiger partial charge is 0.468 e. The summed E-state index contributed by atoms with van der Waals surface area (Å²) in [4.78, 5) is 31.8. The fourth-order valence-corrected chi connectivity index (χ4v) is 3.02. The minimum absolute atomic E-state index is 0.0203. The summed E-state index contributed by atoms with van der Waals surface area (Å²) in [5.41, 5.74) is 6.64. The Hall–Kier alpha value is -5.19. The second-order valence-corrected chi connectivity index (χ2v) is 6.97. The first-order valence-corrected chi connectivity index (χ1v) is 10.6. The van der Waals surface area contributed by atoms with Crippen molar-refractivity contribution in [2.75, 3.05) is 45.6 Å². The Balaban J connectivity index is 0.000000267. The molecule has 12 nitrogen and oxygen atoms in total. The van der Waals surface area contributed by atoms with E-state index in [1.165, 1.54) is 86.4 Å². The van der Waals surface area contributed by atoms with Gasteiger partial charge in [0.05, 0.1) is 34.1 Å². The molecular formula is C24H24F2N6O6. The molecule has 0 bridgehead atoms. The molecule has 2 N–H and O–H groups in total. The van der Waals surface area contributed by atoms with Crippen molar-refractivity contribution in [1.82, 2.24) is 9.55 Å². The molecule has 0 radical (unpaired) electrons. The molecule has 0 saturated carbocycles. The van der Waals surface area contributed by atoms with Crippen LogP contribution in [-0.4, -0.2) is 62.5 Å². The summed E-state index contributed by atoms with van der Waals surface area (Å²) >= 11 is 0. The number of carbonyl (C=O) groups is 2. The van der Waals surface area contributed by atoms with Gasteiger partial charge >= 0.3 is 24.0 Å². The van der Waals surface area contributed by atoms with E-state index in [1.54, 1.807) is 6.19 Å². The molecule has 1 heterocycles. The van der Waals surface area contributed by atoms with Crippen molar-refractivity contribution in [3.8, 4) is 17.9 Å². The average molecular weight is 530 g/mol. The molecule has 0 fully saturated rings. The standard InChI is InChI=1S/2C12H12FN3O3/c1-18-11(17)9-10(14)15-12(19-2)16(9)8-5-3-7(13)4-6-8;1-18-11(17)7-16(12(19-2)15-8-14)10-5-3-9(13)4-6-10/h3-6H,14H2,1-2H3;3-6H,7H2,1-2H3. The smallest absolute Gasteiger partial charge is 0.359 e. The van der Waals surface area contributed by atoms with Crippen LogP contribution in [-0.2, 0) is 19.0 Å². The van der Waals surface area contributed by atoms with Crippen molar-refractivity contribution in [3.05, 3.63) is 65.9 Å². The monoisotopic (exact) mass is 530 g/mol. The quantitative estimate of drug-likeness (QED) is 0.218. The summed E-state index contributed by atoms with van der Waals surface area (Å²) in [7, 11) is 5.17. The van der Waals surface area contributed by atoms with Crippen molar-refractivity contribution in [2.24, 2.45) is 4.99 Å². The van der Waals surface area contributed by atoms with E-state index < -0.39 is 23.6 Å². The number of nitrogen functional groups attached to an aromatic ring is 1. The van der Waals surface area contributed by atoms with Gasteiger partial charge in [0.15, 0.2) is 11.5 Å². The fourth-order valence-electron chi connectivity index (χ4n) is 3.02. The van der Waals surface area contributed by atoms with Gasteiger partial charge in [-0.3, -0.25) is 14.3 Å². The topological polar surface area (TPSA) is 154 Å². The van der Waals surface area contributed by atoms with Crippen LogP contribution in [0.1, 0.15) is 10.5 Å². The van der Waals surface area contributed by atoms with Crippen LogP contribution < -0.4 is 15.4 Å². The number of ether oxygens (including phenoxy) is 4. The zero-order valence-electron chi connectivity index (χ0n) is 20.8. The van der Waals surface area contributed by atoms with Crippen molar-refractivity contribution in [3.63, 3.8) is 0 Å². The van der Waals surface area contributed by atoms with Gasteiger partial charge in [-0.1, -0.05) is 0 Å². The zero-order valence-corrected chi connectivity index (χ0v) is 20.8. The Labute approximate surface area is 216 Å². The molecule has 0 amide bonds. The molecule has 2 aromatic carbocycles. The Kier molecular flexibility index (Phi) is 10.5. The van der Waals surface area contributed by atoms with E-state index in [0.717, 1.165) is 0 Å². The molecule has 0 aliphatic heterocycles. The highest BCUT2D eigenvalue weighted by Gasteiger charge is 2.24. The molecule has 1 aromatic heterocycles. The van der Waals surface area contributed by atoms with E-state index in [0.29, 0.717) is 11.4 Å². The molecule has 0 unspecified atom stereocenters. The number of hydrogen-bond acceptors (Lipinski definition) is 10. The van der Waals surface area contributed by atoms with Gasteiger partial charge in [0.1, 0.15) is 18.2 Å². The first-order valence-electron chi connectivity index (χ1n) is 10.6. The number of hydrogen-bond donors (Lipinski definition) is 1. The zero-order chi connectivity index (χ0) is 28.2. The maximum Gasteiger partial charge on any atom is 0.359 e. The van der Waals surface area contributed by atoms with E-state index in [4.69, 9.17) is 20.5 Å². The molecule has 3 rings (SSSR count). The summed E-state index contributed by atoms with van der Waals surface area (Å²) in [6.45, 7) is -0.212. The highest BCUT2D eigenvalue weighted by Crippen LogP contribution is 2.26. The molecule has 0 aliphatic rings. The number of nitrogens with zero attached hydrogens (tertiary/aromatic N) is 5. The van der Waals surface area contributed by atoms with Gasteiger partial charge in [-0.05, 0) is 48.5 Å². The number of aliphatic imine (C=N–C) groups is 1. The van der Waals surface area contributed by atoms with Gasteiger partial charge < -0.3 is 24.7 Å². The van der Waals surface area contributed by atoms with E-state index >= 15 is 0 Å². The molecule has 14 heteroatoms. The lowest BCUT2D eigenvalue weighted by molar-refractivity contribution is -0.138. The van der Waals surface area contributed by atoms with E-state index in [2.05, 4.69) is 19.5 Å². The predicted molar refractivity (Wildman–Crippen MR) is 132 cm³/mol. The van der Waals surface area contributed by atoms with Crippen LogP contribution in [0, 0.1) is 23.1 Å². The van der Waals surface area contributed by atoms with E-state index in [9.17, 15) is 18.4 Å². The summed E-state index contributed by atoms with van der Waals surface area (Å²) in [6, 6.07) is 10.8. The minimum atomic E-state index is -0.655. The molecule has 0 spiro atoms. The number of carbonyl (C=O) groups excluding carboxylic acids is 2. The molecule has 3 aromatic rings. The lowest BCUT2D eigenvalue weighted by Gasteiger charge is -2.22. The van der Waals surface area contributed by atoms with Crippen molar-refractivity contribution in [1.29, 1.82) is 5.26 Å². The fraction of sp³-hybridized carbons (Fsp3) is 0.208. The maximum absolute atomic E-state index is 12.9. The van der Waals surface area contributed by atoms with Gasteiger partial charge in [-0.25, -0.2) is 13.6 Å². The number of nitriles is 1. The predicted octanol–water partition coefficient (Wildman–Crippen LogP) is 2.68. The highest BCUT2D eigenvalue weighted by molar-refractivity contribution is 5.96. The minimum Gasteiger partial charge on any atom is -0.468 e. The summed E-state index contributed by atoms with van der Waals surface area (Å²) < 4.78 is 46.4. The first kappa shape index (κ1) is 29.0. The number of esters is 2. The van der Waals surface area contributed by atoms with Crippen LogP contribution in [0.4, 0.5) is 20.3 Å². The molecule has 0 saturated heterocycles. The Morgan fingerprint density at radius 2 is 1.58 bits per heavy atom.